The molecule has 5 heteroatoms. The van der Waals surface area contributed by atoms with Gasteiger partial charge in [-0.3, -0.25) is 0 Å². The molecule has 0 spiro atoms. The number of nitrogens with zero attached hydrogens (tertiary/aromatic N) is 2. The summed E-state index contributed by atoms with van der Waals surface area (Å²) in [6.45, 7) is 7.32. The molecule has 0 aliphatic heterocycles. The first-order valence-electron chi connectivity index (χ1n) is 4.92. The maximum atomic E-state index is 4.32. The van der Waals surface area contributed by atoms with Crippen LogP contribution in [0.3, 0.4) is 0 Å². The second-order valence-corrected chi connectivity index (χ2v) is 5.10. The van der Waals surface area contributed by atoms with Crippen molar-refractivity contribution in [2.45, 2.75) is 37.6 Å². The van der Waals surface area contributed by atoms with E-state index in [0.29, 0.717) is 6.04 Å². The lowest BCUT2D eigenvalue weighted by molar-refractivity contribution is 0.560. The highest BCUT2D eigenvalue weighted by atomic mass is 32.2. The number of aryl methyl sites for hydroxylation is 1. The summed E-state index contributed by atoms with van der Waals surface area (Å²) in [5, 5.41) is 3.44. The summed E-state index contributed by atoms with van der Waals surface area (Å²) < 4.78 is 5.24. The maximum Gasteiger partial charge on any atom is 0.170 e. The Morgan fingerprint density at radius 2 is 2.29 bits per heavy atom. The third-order valence-corrected chi connectivity index (χ3v) is 3.99. The van der Waals surface area contributed by atoms with Gasteiger partial charge in [0.25, 0.3) is 0 Å². The van der Waals surface area contributed by atoms with Crippen molar-refractivity contribution in [2.75, 3.05) is 12.3 Å². The molecule has 0 aliphatic carbocycles. The van der Waals surface area contributed by atoms with Gasteiger partial charge >= 0.3 is 0 Å². The van der Waals surface area contributed by atoms with Crippen LogP contribution >= 0.6 is 23.3 Å². The lowest BCUT2D eigenvalue weighted by atomic mass is 10.2. The van der Waals surface area contributed by atoms with E-state index in [1.54, 1.807) is 11.8 Å². The van der Waals surface area contributed by atoms with Crippen LogP contribution in [0, 0.1) is 6.92 Å². The number of nitrogens with one attached hydrogen (secondary N) is 1. The highest BCUT2D eigenvalue weighted by Crippen LogP contribution is 2.21. The topological polar surface area (TPSA) is 37.8 Å². The molecule has 3 nitrogen and oxygen atoms in total. The van der Waals surface area contributed by atoms with Crippen molar-refractivity contribution in [1.29, 1.82) is 0 Å². The number of aromatic nitrogens is 2. The van der Waals surface area contributed by atoms with E-state index in [2.05, 4.69) is 28.5 Å². The lowest BCUT2D eigenvalue weighted by Gasteiger charge is -2.13. The van der Waals surface area contributed by atoms with Gasteiger partial charge in [0, 0.05) is 11.8 Å². The smallest absolute Gasteiger partial charge is 0.170 e. The molecule has 1 atom stereocenters. The van der Waals surface area contributed by atoms with E-state index in [1.165, 1.54) is 18.0 Å². The van der Waals surface area contributed by atoms with Crippen molar-refractivity contribution in [1.82, 2.24) is 14.7 Å². The molecule has 14 heavy (non-hydrogen) atoms. The van der Waals surface area contributed by atoms with Crippen molar-refractivity contribution in [3.63, 3.8) is 0 Å². The minimum absolute atomic E-state index is 0.592. The third-order valence-electron chi connectivity index (χ3n) is 1.90. The largest absolute Gasteiger partial charge is 0.313 e. The highest BCUT2D eigenvalue weighted by molar-refractivity contribution is 8.00. The zero-order chi connectivity index (χ0) is 10.4. The van der Waals surface area contributed by atoms with Crippen LogP contribution in [0.25, 0.3) is 0 Å². The van der Waals surface area contributed by atoms with Gasteiger partial charge in [-0.1, -0.05) is 25.6 Å². The Morgan fingerprint density at radius 3 is 2.79 bits per heavy atom. The summed E-state index contributed by atoms with van der Waals surface area (Å²) in [7, 11) is 0. The van der Waals surface area contributed by atoms with Crippen LogP contribution in [-0.2, 0) is 0 Å². The summed E-state index contributed by atoms with van der Waals surface area (Å²) in [6.07, 6.45) is 1.17. The second-order valence-electron chi connectivity index (χ2n) is 3.08. The molecule has 0 saturated carbocycles. The van der Waals surface area contributed by atoms with Crippen LogP contribution in [0.15, 0.2) is 4.34 Å². The summed E-state index contributed by atoms with van der Waals surface area (Å²) in [5.74, 6) is 1.97. The Kier molecular flexibility index (Phi) is 5.44. The molecule has 0 aliphatic rings. The first-order chi connectivity index (χ1) is 6.76. The summed E-state index contributed by atoms with van der Waals surface area (Å²) in [5.41, 5.74) is 0. The van der Waals surface area contributed by atoms with Gasteiger partial charge in [0.1, 0.15) is 5.82 Å². The van der Waals surface area contributed by atoms with E-state index in [4.69, 9.17) is 0 Å². The van der Waals surface area contributed by atoms with Gasteiger partial charge < -0.3 is 5.32 Å². The molecule has 1 aromatic heterocycles. The van der Waals surface area contributed by atoms with Crippen molar-refractivity contribution in [2.24, 2.45) is 0 Å². The van der Waals surface area contributed by atoms with Crippen molar-refractivity contribution in [3.05, 3.63) is 5.82 Å². The quantitative estimate of drug-likeness (QED) is 0.763. The van der Waals surface area contributed by atoms with Gasteiger partial charge in [0.15, 0.2) is 4.34 Å². The average molecular weight is 231 g/mol. The molecule has 1 rings (SSSR count). The Bertz CT molecular complexity index is 262. The average Bonchev–Trinajstić information content (AvgIpc) is 2.59. The Hall–Kier alpha value is -0.130. The van der Waals surface area contributed by atoms with Gasteiger partial charge in [-0.25, -0.2) is 4.98 Å². The minimum Gasteiger partial charge on any atom is -0.313 e. The lowest BCUT2D eigenvalue weighted by Crippen LogP contribution is -2.30. The van der Waals surface area contributed by atoms with Gasteiger partial charge in [-0.2, -0.15) is 4.37 Å². The molecule has 80 valence electrons. The fourth-order valence-electron chi connectivity index (χ4n) is 1.12. The molecule has 0 fully saturated rings. The fraction of sp³-hybridized carbons (Fsp3) is 0.778. The van der Waals surface area contributed by atoms with Crippen LogP contribution in [0.5, 0.6) is 0 Å². The van der Waals surface area contributed by atoms with Crippen molar-refractivity contribution >= 4 is 23.3 Å². The van der Waals surface area contributed by atoms with E-state index < -0.39 is 0 Å². The van der Waals surface area contributed by atoms with Crippen LogP contribution in [0.2, 0.25) is 0 Å². The Labute approximate surface area is 93.9 Å². The molecule has 0 amide bonds. The van der Waals surface area contributed by atoms with Crippen LogP contribution in [0.1, 0.15) is 26.1 Å². The molecule has 1 aromatic rings. The molecule has 1 unspecified atom stereocenters. The number of rotatable bonds is 6. The standard InChI is InChI=1S/C9H17N3S2/c1-4-8(10-5-2)6-13-9-11-7(3)12-14-9/h8,10H,4-6H2,1-3H3. The van der Waals surface area contributed by atoms with E-state index in [1.807, 2.05) is 6.92 Å². The van der Waals surface area contributed by atoms with E-state index in [-0.39, 0.29) is 0 Å². The SMILES string of the molecule is CCNC(CC)CSc1nc(C)ns1. The normalized spacial score (nSPS) is 13.1. The summed E-state index contributed by atoms with van der Waals surface area (Å²) >= 11 is 3.29. The van der Waals surface area contributed by atoms with Crippen molar-refractivity contribution < 1.29 is 0 Å². The summed E-state index contributed by atoms with van der Waals surface area (Å²) in [4.78, 5) is 4.32. The van der Waals surface area contributed by atoms with Gasteiger partial charge in [-0.15, -0.1) is 0 Å². The Morgan fingerprint density at radius 1 is 1.50 bits per heavy atom. The summed E-state index contributed by atoms with van der Waals surface area (Å²) in [6, 6.07) is 0.592. The number of hydrogen-bond acceptors (Lipinski definition) is 5. The van der Waals surface area contributed by atoms with Gasteiger partial charge in [0.05, 0.1) is 0 Å². The zero-order valence-corrected chi connectivity index (χ0v) is 10.5. The minimum atomic E-state index is 0.592. The maximum absolute atomic E-state index is 4.32. The molecule has 1 heterocycles. The fourth-order valence-corrected chi connectivity index (χ4v) is 2.96. The predicted molar refractivity (Wildman–Crippen MR) is 63.1 cm³/mol. The Balaban J connectivity index is 2.31. The van der Waals surface area contributed by atoms with Crippen molar-refractivity contribution in [3.8, 4) is 0 Å². The highest BCUT2D eigenvalue weighted by Gasteiger charge is 2.07. The van der Waals surface area contributed by atoms with Gasteiger partial charge in [0.2, 0.25) is 0 Å². The third kappa shape index (κ3) is 3.94. The molecular formula is C9H17N3S2. The van der Waals surface area contributed by atoms with Crippen LogP contribution in [0.4, 0.5) is 0 Å². The molecule has 0 radical (unpaired) electrons. The number of thioether (sulfide) groups is 1. The first-order valence-corrected chi connectivity index (χ1v) is 6.68. The van der Waals surface area contributed by atoms with Crippen LogP contribution in [-0.4, -0.2) is 27.7 Å². The monoisotopic (exact) mass is 231 g/mol. The van der Waals surface area contributed by atoms with Crippen LogP contribution < -0.4 is 5.32 Å². The van der Waals surface area contributed by atoms with Gasteiger partial charge in [-0.05, 0) is 31.4 Å². The van der Waals surface area contributed by atoms with E-state index in [0.717, 1.165) is 22.5 Å². The molecule has 0 saturated heterocycles. The predicted octanol–water partition coefficient (Wildman–Crippen LogP) is 2.33. The molecule has 0 aromatic carbocycles. The number of hydrogen-bond donors (Lipinski definition) is 1. The van der Waals surface area contributed by atoms with E-state index in [9.17, 15) is 0 Å². The molecule has 1 N–H and O–H groups in total. The molecular weight excluding hydrogens is 214 g/mol. The van der Waals surface area contributed by atoms with E-state index >= 15 is 0 Å². The second kappa shape index (κ2) is 6.37. The molecule has 0 bridgehead atoms. The first kappa shape index (κ1) is 11.9. The zero-order valence-electron chi connectivity index (χ0n) is 8.91.